The molecule has 0 N–H and O–H groups in total. The normalized spacial score (nSPS) is 12.3. The molecule has 0 heterocycles. The van der Waals surface area contributed by atoms with E-state index >= 15 is 0 Å². The molecule has 0 aromatic carbocycles. The van der Waals surface area contributed by atoms with Crippen molar-refractivity contribution in [3.05, 3.63) is 48.6 Å². The lowest BCUT2D eigenvalue weighted by molar-refractivity contribution is -0.167. The number of ether oxygens (including phenoxy) is 3. The third kappa shape index (κ3) is 60.1. The van der Waals surface area contributed by atoms with Crippen LogP contribution >= 0.6 is 0 Å². The first kappa shape index (κ1) is 70.4. The number of rotatable bonds is 59. The van der Waals surface area contributed by atoms with Gasteiger partial charge in [0.2, 0.25) is 0 Å². The summed E-state index contributed by atoms with van der Waals surface area (Å²) in [7, 11) is 0. The molecule has 0 spiro atoms. The number of esters is 3. The van der Waals surface area contributed by atoms with E-state index in [1.54, 1.807) is 0 Å². The summed E-state index contributed by atoms with van der Waals surface area (Å²) >= 11 is 0. The molecule has 0 rings (SSSR count). The molecule has 426 valence electrons. The molecule has 0 amide bonds. The van der Waals surface area contributed by atoms with Crippen LogP contribution in [0.15, 0.2) is 48.6 Å². The van der Waals surface area contributed by atoms with Crippen molar-refractivity contribution in [2.45, 2.75) is 348 Å². The summed E-state index contributed by atoms with van der Waals surface area (Å²) in [6.45, 7) is 6.59. The zero-order valence-corrected chi connectivity index (χ0v) is 48.9. The standard InChI is InChI=1S/C67H122O6/c1-4-7-10-13-16-19-22-25-27-29-31-32-33-34-35-36-38-39-42-45-48-51-54-57-60-66(69)72-63-64(62-71-65(68)59-56-53-50-47-44-41-24-21-18-15-12-9-6-3)73-67(70)61-58-55-52-49-46-43-40-37-30-28-26-23-20-17-14-11-8-5-2/h12,15,20-21,23-24,28,30,64H,4-11,13-14,16-19,22,25-27,29,31-63H2,1-3H3/b15-12-,23-20-,24-21-,30-28-. The maximum Gasteiger partial charge on any atom is 0.306 e. The van der Waals surface area contributed by atoms with Gasteiger partial charge in [0.15, 0.2) is 6.10 Å². The quantitative estimate of drug-likeness (QED) is 0.0261. The summed E-state index contributed by atoms with van der Waals surface area (Å²) in [5.41, 5.74) is 0. The van der Waals surface area contributed by atoms with Crippen LogP contribution in [0.4, 0.5) is 0 Å². The molecule has 0 aromatic rings. The van der Waals surface area contributed by atoms with Crippen molar-refractivity contribution in [1.29, 1.82) is 0 Å². The summed E-state index contributed by atoms with van der Waals surface area (Å²) in [6, 6.07) is 0. The first-order chi connectivity index (χ1) is 36.0. The van der Waals surface area contributed by atoms with Crippen LogP contribution in [0.1, 0.15) is 342 Å². The van der Waals surface area contributed by atoms with Gasteiger partial charge in [0.05, 0.1) is 0 Å². The van der Waals surface area contributed by atoms with Crippen molar-refractivity contribution in [3.63, 3.8) is 0 Å². The van der Waals surface area contributed by atoms with Gasteiger partial charge < -0.3 is 14.2 Å². The first-order valence-corrected chi connectivity index (χ1v) is 32.1. The highest BCUT2D eigenvalue weighted by Gasteiger charge is 2.19. The van der Waals surface area contributed by atoms with E-state index < -0.39 is 6.10 Å². The Labute approximate surface area is 454 Å². The van der Waals surface area contributed by atoms with Crippen LogP contribution in [0, 0.1) is 0 Å². The minimum Gasteiger partial charge on any atom is -0.462 e. The Morgan fingerprint density at radius 2 is 0.521 bits per heavy atom. The van der Waals surface area contributed by atoms with Crippen molar-refractivity contribution >= 4 is 17.9 Å². The second kappa shape index (κ2) is 61.9. The Bertz CT molecular complexity index is 1270. The minimum atomic E-state index is -0.782. The third-order valence-corrected chi connectivity index (χ3v) is 14.3. The molecule has 1 atom stereocenters. The van der Waals surface area contributed by atoms with E-state index in [2.05, 4.69) is 69.4 Å². The lowest BCUT2D eigenvalue weighted by Crippen LogP contribution is -2.30. The number of hydrogen-bond donors (Lipinski definition) is 0. The lowest BCUT2D eigenvalue weighted by atomic mass is 10.0. The van der Waals surface area contributed by atoms with E-state index in [0.717, 1.165) is 96.3 Å². The van der Waals surface area contributed by atoms with Gasteiger partial charge in [-0.05, 0) is 77.0 Å². The lowest BCUT2D eigenvalue weighted by Gasteiger charge is -2.18. The molecule has 6 heteroatoms. The molecule has 0 fully saturated rings. The fourth-order valence-corrected chi connectivity index (χ4v) is 9.46. The summed E-state index contributed by atoms with van der Waals surface area (Å²) in [5, 5.41) is 0. The van der Waals surface area contributed by atoms with Crippen molar-refractivity contribution in [2.24, 2.45) is 0 Å². The maximum atomic E-state index is 12.9. The average molecular weight is 1020 g/mol. The first-order valence-electron chi connectivity index (χ1n) is 32.1. The van der Waals surface area contributed by atoms with Gasteiger partial charge in [-0.25, -0.2) is 0 Å². The molecule has 73 heavy (non-hydrogen) atoms. The molecule has 1 unspecified atom stereocenters. The number of carbonyl (C=O) groups excluding carboxylic acids is 3. The van der Waals surface area contributed by atoms with Crippen LogP contribution in [-0.4, -0.2) is 37.2 Å². The van der Waals surface area contributed by atoms with Gasteiger partial charge in [-0.1, -0.05) is 294 Å². The van der Waals surface area contributed by atoms with E-state index in [4.69, 9.17) is 14.2 Å². The number of carbonyl (C=O) groups is 3. The van der Waals surface area contributed by atoms with Crippen LogP contribution < -0.4 is 0 Å². The van der Waals surface area contributed by atoms with E-state index in [9.17, 15) is 14.4 Å². The molecule has 0 bridgehead atoms. The monoisotopic (exact) mass is 1020 g/mol. The Morgan fingerprint density at radius 3 is 0.822 bits per heavy atom. The zero-order chi connectivity index (χ0) is 52.9. The van der Waals surface area contributed by atoms with Gasteiger partial charge in [-0.15, -0.1) is 0 Å². The fraction of sp³-hybridized carbons (Fsp3) is 0.836. The van der Waals surface area contributed by atoms with E-state index in [0.29, 0.717) is 19.3 Å². The summed E-state index contributed by atoms with van der Waals surface area (Å²) in [4.78, 5) is 38.3. The third-order valence-electron chi connectivity index (χ3n) is 14.3. The van der Waals surface area contributed by atoms with Gasteiger partial charge >= 0.3 is 17.9 Å². The zero-order valence-electron chi connectivity index (χ0n) is 48.9. The molecular weight excluding hydrogens is 901 g/mol. The van der Waals surface area contributed by atoms with Crippen LogP contribution in [0.5, 0.6) is 0 Å². The Balaban J connectivity index is 4.27. The molecule has 0 radical (unpaired) electrons. The molecule has 0 aliphatic carbocycles. The van der Waals surface area contributed by atoms with E-state index in [1.165, 1.54) is 205 Å². The van der Waals surface area contributed by atoms with Gasteiger partial charge in [-0.3, -0.25) is 14.4 Å². The number of allylic oxidation sites excluding steroid dienone is 8. The number of unbranched alkanes of at least 4 members (excludes halogenated alkanes) is 40. The Hall–Kier alpha value is -2.63. The molecule has 0 aliphatic rings. The van der Waals surface area contributed by atoms with Gasteiger partial charge in [0.1, 0.15) is 13.2 Å². The van der Waals surface area contributed by atoms with Crippen molar-refractivity contribution < 1.29 is 28.6 Å². The summed E-state index contributed by atoms with van der Waals surface area (Å²) in [6.07, 6.45) is 76.9. The SMILES string of the molecule is CCC/C=C\C/C=C\CCCCCCCC(=O)OCC(COC(=O)CCCCCCCCCCCCCCCCCCCCCCCCCC)OC(=O)CCCCCCCCC/C=C\C/C=C\CCCCCC. The van der Waals surface area contributed by atoms with Crippen LogP contribution in [0.3, 0.4) is 0 Å². The van der Waals surface area contributed by atoms with Crippen LogP contribution in [0.25, 0.3) is 0 Å². The predicted molar refractivity (Wildman–Crippen MR) is 316 cm³/mol. The smallest absolute Gasteiger partial charge is 0.306 e. The van der Waals surface area contributed by atoms with Crippen LogP contribution in [0.2, 0.25) is 0 Å². The maximum absolute atomic E-state index is 12.9. The largest absolute Gasteiger partial charge is 0.462 e. The second-order valence-electron chi connectivity index (χ2n) is 21.7. The van der Waals surface area contributed by atoms with Crippen molar-refractivity contribution in [1.82, 2.24) is 0 Å². The highest BCUT2D eigenvalue weighted by molar-refractivity contribution is 5.71. The molecule has 6 nitrogen and oxygen atoms in total. The summed E-state index contributed by atoms with van der Waals surface area (Å²) < 4.78 is 16.9. The van der Waals surface area contributed by atoms with Crippen molar-refractivity contribution in [2.75, 3.05) is 13.2 Å². The molecule has 0 saturated heterocycles. The Morgan fingerprint density at radius 1 is 0.274 bits per heavy atom. The van der Waals surface area contributed by atoms with Gasteiger partial charge in [-0.2, -0.15) is 0 Å². The fourth-order valence-electron chi connectivity index (χ4n) is 9.46. The minimum absolute atomic E-state index is 0.0776. The number of hydrogen-bond acceptors (Lipinski definition) is 6. The predicted octanol–water partition coefficient (Wildman–Crippen LogP) is 21.8. The highest BCUT2D eigenvalue weighted by Crippen LogP contribution is 2.17. The average Bonchev–Trinajstić information content (AvgIpc) is 3.39. The summed E-state index contributed by atoms with van der Waals surface area (Å²) in [5.74, 6) is -0.881. The molecule has 0 aliphatic heterocycles. The highest BCUT2D eigenvalue weighted by atomic mass is 16.6. The molecule has 0 saturated carbocycles. The Kier molecular flexibility index (Phi) is 59.7. The van der Waals surface area contributed by atoms with E-state index in [1.807, 2.05) is 0 Å². The van der Waals surface area contributed by atoms with Crippen LogP contribution in [-0.2, 0) is 28.6 Å². The molecule has 0 aromatic heterocycles. The van der Waals surface area contributed by atoms with Gasteiger partial charge in [0.25, 0.3) is 0 Å². The van der Waals surface area contributed by atoms with Gasteiger partial charge in [0, 0.05) is 19.3 Å². The second-order valence-corrected chi connectivity index (χ2v) is 21.7. The van der Waals surface area contributed by atoms with Crippen molar-refractivity contribution in [3.8, 4) is 0 Å². The topological polar surface area (TPSA) is 78.9 Å². The van der Waals surface area contributed by atoms with E-state index in [-0.39, 0.29) is 31.1 Å². The molecular formula is C67H122O6.